The molecular weight excluding hydrogens is 286 g/mol. The van der Waals surface area contributed by atoms with E-state index in [0.29, 0.717) is 16.4 Å². The van der Waals surface area contributed by atoms with Crippen LogP contribution in [0.3, 0.4) is 0 Å². The predicted octanol–water partition coefficient (Wildman–Crippen LogP) is 0.895. The Balaban J connectivity index is 2.21. The molecule has 0 aliphatic carbocycles. The summed E-state index contributed by atoms with van der Waals surface area (Å²) < 4.78 is 1.39. The van der Waals surface area contributed by atoms with Gasteiger partial charge < -0.3 is 10.4 Å². The molecule has 2 aromatic rings. The topological polar surface area (TPSA) is 110 Å². The van der Waals surface area contributed by atoms with Crippen molar-refractivity contribution >= 4 is 29.2 Å². The Kier molecular flexibility index (Phi) is 4.06. The number of halogens is 1. The summed E-state index contributed by atoms with van der Waals surface area (Å²) in [4.78, 5) is 21.8. The molecule has 8 nitrogen and oxygen atoms in total. The smallest absolute Gasteiger partial charge is 0.328 e. The third-order valence-electron chi connectivity index (χ3n) is 2.20. The van der Waals surface area contributed by atoms with Crippen LogP contribution in [-0.4, -0.2) is 37.2 Å². The standard InChI is InChI=1S/C11H8ClN5O3/c12-8-2-1-7(17-6-13-15-16-17)5-9(8)14-10(18)3-4-11(19)20/h1-6H,(H,14,18)(H,19,20)/b4-3+. The van der Waals surface area contributed by atoms with Crippen molar-refractivity contribution in [2.24, 2.45) is 0 Å². The van der Waals surface area contributed by atoms with Gasteiger partial charge in [-0.1, -0.05) is 11.6 Å². The zero-order chi connectivity index (χ0) is 14.5. The molecule has 0 bridgehead atoms. The lowest BCUT2D eigenvalue weighted by Crippen LogP contribution is -2.09. The van der Waals surface area contributed by atoms with Crippen molar-refractivity contribution in [3.05, 3.63) is 41.7 Å². The zero-order valence-electron chi connectivity index (χ0n) is 9.89. The molecule has 1 aromatic carbocycles. The predicted molar refractivity (Wildman–Crippen MR) is 69.6 cm³/mol. The Morgan fingerprint density at radius 3 is 2.80 bits per heavy atom. The minimum absolute atomic E-state index is 0.305. The van der Waals surface area contributed by atoms with Crippen LogP contribution in [0.25, 0.3) is 5.69 Å². The van der Waals surface area contributed by atoms with Crippen LogP contribution in [0.5, 0.6) is 0 Å². The summed E-state index contributed by atoms with van der Waals surface area (Å²) in [5.74, 6) is -1.82. The third kappa shape index (κ3) is 3.39. The molecule has 2 rings (SSSR count). The first kappa shape index (κ1) is 13.7. The maximum atomic E-state index is 11.5. The molecule has 0 fully saturated rings. The number of amides is 1. The molecule has 1 heterocycles. The monoisotopic (exact) mass is 293 g/mol. The average molecular weight is 294 g/mol. The van der Waals surface area contributed by atoms with E-state index in [-0.39, 0.29) is 0 Å². The number of carboxylic acids is 1. The van der Waals surface area contributed by atoms with Gasteiger partial charge in [0.2, 0.25) is 5.91 Å². The Bertz CT molecular complexity index is 669. The normalized spacial score (nSPS) is 10.7. The summed E-state index contributed by atoms with van der Waals surface area (Å²) in [6.45, 7) is 0. The van der Waals surface area contributed by atoms with E-state index in [2.05, 4.69) is 20.8 Å². The first-order chi connectivity index (χ1) is 9.56. The Morgan fingerprint density at radius 1 is 1.35 bits per heavy atom. The molecule has 1 aromatic heterocycles. The number of carbonyl (C=O) groups excluding carboxylic acids is 1. The number of nitrogens with one attached hydrogen (secondary N) is 1. The molecule has 0 saturated carbocycles. The van der Waals surface area contributed by atoms with Gasteiger partial charge in [0.25, 0.3) is 0 Å². The Morgan fingerprint density at radius 2 is 2.15 bits per heavy atom. The van der Waals surface area contributed by atoms with Crippen molar-refractivity contribution in [2.45, 2.75) is 0 Å². The number of carboxylic acid groups (broad SMARTS) is 1. The van der Waals surface area contributed by atoms with Crippen LogP contribution in [0.1, 0.15) is 0 Å². The van der Waals surface area contributed by atoms with E-state index >= 15 is 0 Å². The highest BCUT2D eigenvalue weighted by molar-refractivity contribution is 6.33. The fourth-order valence-electron chi connectivity index (χ4n) is 1.35. The molecule has 102 valence electrons. The Hall–Kier alpha value is -2.74. The van der Waals surface area contributed by atoms with Crippen molar-refractivity contribution < 1.29 is 14.7 Å². The second-order valence-electron chi connectivity index (χ2n) is 3.58. The van der Waals surface area contributed by atoms with Gasteiger partial charge in [0.05, 0.1) is 16.4 Å². The van der Waals surface area contributed by atoms with Crippen molar-refractivity contribution in [3.63, 3.8) is 0 Å². The summed E-state index contributed by atoms with van der Waals surface area (Å²) >= 11 is 5.95. The fourth-order valence-corrected chi connectivity index (χ4v) is 1.52. The molecule has 0 aliphatic heterocycles. The number of carbonyl (C=O) groups is 2. The van der Waals surface area contributed by atoms with Gasteiger partial charge in [0.15, 0.2) is 0 Å². The van der Waals surface area contributed by atoms with Crippen LogP contribution in [0, 0.1) is 0 Å². The molecule has 0 saturated heterocycles. The summed E-state index contributed by atoms with van der Waals surface area (Å²) in [6, 6.07) is 4.79. The molecule has 0 aliphatic rings. The summed E-state index contributed by atoms with van der Waals surface area (Å²) in [5.41, 5.74) is 0.914. The summed E-state index contributed by atoms with van der Waals surface area (Å²) in [6.07, 6.45) is 3.01. The highest BCUT2D eigenvalue weighted by atomic mass is 35.5. The molecule has 20 heavy (non-hydrogen) atoms. The van der Waals surface area contributed by atoms with Crippen molar-refractivity contribution in [1.82, 2.24) is 20.2 Å². The lowest BCUT2D eigenvalue weighted by molar-refractivity contribution is -0.131. The zero-order valence-corrected chi connectivity index (χ0v) is 10.7. The van der Waals surface area contributed by atoms with Gasteiger partial charge in [-0.25, -0.2) is 9.48 Å². The Labute approximate surface area is 117 Å². The lowest BCUT2D eigenvalue weighted by Gasteiger charge is -2.07. The maximum absolute atomic E-state index is 11.5. The van der Waals surface area contributed by atoms with Crippen LogP contribution < -0.4 is 5.32 Å². The second-order valence-corrected chi connectivity index (χ2v) is 3.99. The van der Waals surface area contributed by atoms with Crippen molar-refractivity contribution in [3.8, 4) is 5.69 Å². The number of nitrogens with zero attached hydrogens (tertiary/aromatic N) is 4. The average Bonchev–Trinajstić information content (AvgIpc) is 2.93. The van der Waals surface area contributed by atoms with E-state index in [1.54, 1.807) is 18.2 Å². The number of anilines is 1. The number of tetrazole rings is 1. The summed E-state index contributed by atoms with van der Waals surface area (Å²) in [7, 11) is 0. The van der Waals surface area contributed by atoms with E-state index in [4.69, 9.17) is 16.7 Å². The molecular formula is C11H8ClN5O3. The van der Waals surface area contributed by atoms with E-state index < -0.39 is 11.9 Å². The quantitative estimate of drug-likeness (QED) is 0.810. The minimum atomic E-state index is -1.21. The first-order valence-electron chi connectivity index (χ1n) is 5.31. The van der Waals surface area contributed by atoms with Gasteiger partial charge in [-0.15, -0.1) is 5.10 Å². The minimum Gasteiger partial charge on any atom is -0.478 e. The van der Waals surface area contributed by atoms with E-state index in [1.807, 2.05) is 0 Å². The molecule has 9 heteroatoms. The van der Waals surface area contributed by atoms with Crippen LogP contribution in [0.4, 0.5) is 5.69 Å². The van der Waals surface area contributed by atoms with Crippen LogP contribution in [0.2, 0.25) is 5.02 Å². The number of aliphatic carboxylic acids is 1. The van der Waals surface area contributed by atoms with Crippen LogP contribution in [-0.2, 0) is 9.59 Å². The molecule has 0 spiro atoms. The number of hydrogen-bond donors (Lipinski definition) is 2. The molecule has 0 radical (unpaired) electrons. The van der Waals surface area contributed by atoms with Gasteiger partial charge in [-0.05, 0) is 28.6 Å². The van der Waals surface area contributed by atoms with Crippen LogP contribution >= 0.6 is 11.6 Å². The van der Waals surface area contributed by atoms with Gasteiger partial charge >= 0.3 is 5.97 Å². The maximum Gasteiger partial charge on any atom is 0.328 e. The number of rotatable bonds is 4. The number of benzene rings is 1. The van der Waals surface area contributed by atoms with E-state index in [0.717, 1.165) is 12.2 Å². The van der Waals surface area contributed by atoms with Gasteiger partial charge in [-0.3, -0.25) is 4.79 Å². The molecule has 1 amide bonds. The third-order valence-corrected chi connectivity index (χ3v) is 2.53. The van der Waals surface area contributed by atoms with E-state index in [1.165, 1.54) is 11.0 Å². The highest BCUT2D eigenvalue weighted by Gasteiger charge is 2.07. The molecule has 2 N–H and O–H groups in total. The fraction of sp³-hybridized carbons (Fsp3) is 0. The number of hydrogen-bond acceptors (Lipinski definition) is 5. The van der Waals surface area contributed by atoms with Crippen molar-refractivity contribution in [2.75, 3.05) is 5.32 Å². The molecule has 0 unspecified atom stereocenters. The molecule has 0 atom stereocenters. The van der Waals surface area contributed by atoms with E-state index in [9.17, 15) is 9.59 Å². The van der Waals surface area contributed by atoms with Gasteiger partial charge in [0, 0.05) is 12.2 Å². The van der Waals surface area contributed by atoms with Crippen molar-refractivity contribution in [1.29, 1.82) is 0 Å². The largest absolute Gasteiger partial charge is 0.478 e. The highest BCUT2D eigenvalue weighted by Crippen LogP contribution is 2.24. The van der Waals surface area contributed by atoms with Gasteiger partial charge in [-0.2, -0.15) is 0 Å². The number of aromatic nitrogens is 4. The summed E-state index contributed by atoms with van der Waals surface area (Å²) in [5, 5.41) is 21.9. The SMILES string of the molecule is O=C(O)/C=C/C(=O)Nc1cc(-n2cnnn2)ccc1Cl. The van der Waals surface area contributed by atoms with Gasteiger partial charge in [0.1, 0.15) is 6.33 Å². The first-order valence-corrected chi connectivity index (χ1v) is 5.69. The van der Waals surface area contributed by atoms with Crippen LogP contribution in [0.15, 0.2) is 36.7 Å². The second kappa shape index (κ2) is 5.93. The lowest BCUT2D eigenvalue weighted by atomic mass is 10.2.